The molecule has 72 valence electrons. The third-order valence-electron chi connectivity index (χ3n) is 1.43. The van der Waals surface area contributed by atoms with Crippen molar-refractivity contribution in [2.24, 2.45) is 0 Å². The Morgan fingerprint density at radius 2 is 2.15 bits per heavy atom. The highest BCUT2D eigenvalue weighted by Gasteiger charge is 2.32. The molecule has 0 radical (unpaired) electrons. The third kappa shape index (κ3) is 2.91. The van der Waals surface area contributed by atoms with Gasteiger partial charge in [0.2, 0.25) is 0 Å². The fourth-order valence-corrected chi connectivity index (χ4v) is 1.40. The van der Waals surface area contributed by atoms with Gasteiger partial charge in [0.15, 0.2) is 0 Å². The van der Waals surface area contributed by atoms with Gasteiger partial charge in [-0.05, 0) is 24.0 Å². The van der Waals surface area contributed by atoms with Gasteiger partial charge in [0, 0.05) is 11.9 Å². The third-order valence-corrected chi connectivity index (χ3v) is 2.05. The second-order valence-electron chi connectivity index (χ2n) is 2.48. The molecule has 1 nitrogen and oxygen atoms in total. The molecule has 0 aliphatic heterocycles. The number of alkyl halides is 3. The minimum absolute atomic E-state index is 0.575. The number of pyridine rings is 1. The summed E-state index contributed by atoms with van der Waals surface area (Å²) in [4.78, 5) is 3.26. The molecule has 5 heteroatoms. The molecule has 0 spiro atoms. The van der Waals surface area contributed by atoms with Gasteiger partial charge in [-0.2, -0.15) is 24.9 Å². The lowest BCUT2D eigenvalue weighted by molar-refractivity contribution is -0.141. The smallest absolute Gasteiger partial charge is 0.252 e. The van der Waals surface area contributed by atoms with E-state index in [1.165, 1.54) is 18.0 Å². The molecule has 0 aliphatic rings. The van der Waals surface area contributed by atoms with E-state index in [-0.39, 0.29) is 0 Å². The quantitative estimate of drug-likeness (QED) is 0.739. The van der Waals surface area contributed by atoms with E-state index in [0.717, 1.165) is 6.07 Å². The number of rotatable bonds is 2. The second-order valence-corrected chi connectivity index (χ2v) is 3.35. The van der Waals surface area contributed by atoms with Crippen LogP contribution in [0.2, 0.25) is 0 Å². The molecule has 0 bridgehead atoms. The molecule has 0 saturated heterocycles. The van der Waals surface area contributed by atoms with Crippen molar-refractivity contribution in [2.45, 2.75) is 11.9 Å². The maximum absolute atomic E-state index is 12.1. The maximum Gasteiger partial charge on any atom is 0.433 e. The first kappa shape index (κ1) is 10.4. The van der Waals surface area contributed by atoms with E-state index in [2.05, 4.69) is 4.98 Å². The number of aromatic nitrogens is 1. The molecule has 0 unspecified atom stereocenters. The van der Waals surface area contributed by atoms with Crippen LogP contribution in [0.25, 0.3) is 0 Å². The molecule has 1 rings (SSSR count). The van der Waals surface area contributed by atoms with E-state index in [1.807, 2.05) is 6.26 Å². The Kier molecular flexibility index (Phi) is 3.19. The van der Waals surface area contributed by atoms with Crippen molar-refractivity contribution in [3.63, 3.8) is 0 Å². The highest BCUT2D eigenvalue weighted by atomic mass is 32.2. The van der Waals surface area contributed by atoms with Crippen LogP contribution < -0.4 is 0 Å². The molecule has 0 N–H and O–H groups in total. The molecular weight excluding hydrogens is 199 g/mol. The van der Waals surface area contributed by atoms with Crippen molar-refractivity contribution < 1.29 is 13.2 Å². The summed E-state index contributed by atoms with van der Waals surface area (Å²) in [7, 11) is 0. The summed E-state index contributed by atoms with van der Waals surface area (Å²) in [6.07, 6.45) is -1.31. The van der Waals surface area contributed by atoms with Gasteiger partial charge < -0.3 is 0 Å². The van der Waals surface area contributed by atoms with Crippen LogP contribution in [0.4, 0.5) is 13.2 Å². The van der Waals surface area contributed by atoms with Crippen LogP contribution in [0.1, 0.15) is 11.3 Å². The Balaban J connectivity index is 2.92. The summed E-state index contributed by atoms with van der Waals surface area (Å²) in [5.41, 5.74) is -0.172. The van der Waals surface area contributed by atoms with Crippen LogP contribution >= 0.6 is 11.8 Å². The standard InChI is InChI=1S/C8H8F3NS/c1-13-5-6-2-3-12-7(4-6)8(9,10)11/h2-4H,5H2,1H3. The number of hydrogen-bond acceptors (Lipinski definition) is 2. The Morgan fingerprint density at radius 3 is 2.69 bits per heavy atom. The van der Waals surface area contributed by atoms with E-state index in [1.54, 1.807) is 6.07 Å². The van der Waals surface area contributed by atoms with Crippen molar-refractivity contribution in [3.05, 3.63) is 29.6 Å². The lowest BCUT2D eigenvalue weighted by Crippen LogP contribution is -2.07. The van der Waals surface area contributed by atoms with Crippen molar-refractivity contribution in [3.8, 4) is 0 Å². The number of thioether (sulfide) groups is 1. The summed E-state index contributed by atoms with van der Waals surface area (Å²) < 4.78 is 36.4. The number of hydrogen-bond donors (Lipinski definition) is 0. The highest BCUT2D eigenvalue weighted by Crippen LogP contribution is 2.28. The van der Waals surface area contributed by atoms with Crippen LogP contribution in [0.15, 0.2) is 18.3 Å². The summed E-state index contributed by atoms with van der Waals surface area (Å²) >= 11 is 1.48. The normalized spacial score (nSPS) is 11.7. The Bertz CT molecular complexity index is 285. The molecule has 0 aromatic carbocycles. The first-order valence-electron chi connectivity index (χ1n) is 3.55. The maximum atomic E-state index is 12.1. The van der Waals surface area contributed by atoms with Crippen LogP contribution in [0, 0.1) is 0 Å². The van der Waals surface area contributed by atoms with Gasteiger partial charge in [-0.25, -0.2) is 0 Å². The predicted octanol–water partition coefficient (Wildman–Crippen LogP) is 2.96. The largest absolute Gasteiger partial charge is 0.433 e. The fraction of sp³-hybridized carbons (Fsp3) is 0.375. The topological polar surface area (TPSA) is 12.9 Å². The number of nitrogens with zero attached hydrogens (tertiary/aromatic N) is 1. The first-order chi connectivity index (χ1) is 6.04. The fourth-order valence-electron chi connectivity index (χ4n) is 0.886. The molecular formula is C8H8F3NS. The van der Waals surface area contributed by atoms with Crippen LogP contribution in [0.5, 0.6) is 0 Å². The molecule has 0 aliphatic carbocycles. The van der Waals surface area contributed by atoms with Gasteiger partial charge in [0.1, 0.15) is 5.69 Å². The highest BCUT2D eigenvalue weighted by molar-refractivity contribution is 7.97. The SMILES string of the molecule is CSCc1ccnc(C(F)(F)F)c1. The molecule has 0 atom stereocenters. The first-order valence-corrected chi connectivity index (χ1v) is 4.94. The Hall–Kier alpha value is -0.710. The van der Waals surface area contributed by atoms with E-state index >= 15 is 0 Å². The van der Waals surface area contributed by atoms with Gasteiger partial charge in [-0.15, -0.1) is 0 Å². The number of halogens is 3. The van der Waals surface area contributed by atoms with Crippen LogP contribution in [0.3, 0.4) is 0 Å². The average molecular weight is 207 g/mol. The van der Waals surface area contributed by atoms with E-state index in [4.69, 9.17) is 0 Å². The van der Waals surface area contributed by atoms with Gasteiger partial charge in [-0.1, -0.05) is 0 Å². The van der Waals surface area contributed by atoms with Gasteiger partial charge in [0.25, 0.3) is 0 Å². The van der Waals surface area contributed by atoms with Crippen LogP contribution in [-0.2, 0) is 11.9 Å². The van der Waals surface area contributed by atoms with Crippen molar-refractivity contribution in [1.29, 1.82) is 0 Å². The Labute approximate surface area is 78.4 Å². The van der Waals surface area contributed by atoms with E-state index in [9.17, 15) is 13.2 Å². The second kappa shape index (κ2) is 4.00. The summed E-state index contributed by atoms with van der Waals surface area (Å²) in [5.74, 6) is 0.575. The van der Waals surface area contributed by atoms with Crippen molar-refractivity contribution in [1.82, 2.24) is 4.98 Å². The molecule has 1 heterocycles. The molecule has 1 aromatic heterocycles. The average Bonchev–Trinajstić information content (AvgIpc) is 2.04. The van der Waals surface area contributed by atoms with Crippen molar-refractivity contribution in [2.75, 3.05) is 6.26 Å². The van der Waals surface area contributed by atoms with Gasteiger partial charge in [0.05, 0.1) is 0 Å². The molecule has 0 fully saturated rings. The van der Waals surface area contributed by atoms with Crippen LogP contribution in [-0.4, -0.2) is 11.2 Å². The zero-order valence-corrected chi connectivity index (χ0v) is 7.75. The zero-order valence-electron chi connectivity index (χ0n) is 6.93. The van der Waals surface area contributed by atoms with Crippen molar-refractivity contribution >= 4 is 11.8 Å². The lowest BCUT2D eigenvalue weighted by Gasteiger charge is -2.06. The predicted molar refractivity (Wildman–Crippen MR) is 46.5 cm³/mol. The minimum Gasteiger partial charge on any atom is -0.252 e. The zero-order chi connectivity index (χ0) is 9.90. The molecule has 0 amide bonds. The Morgan fingerprint density at radius 1 is 1.46 bits per heavy atom. The summed E-state index contributed by atoms with van der Waals surface area (Å²) in [6.45, 7) is 0. The summed E-state index contributed by atoms with van der Waals surface area (Å²) in [6, 6.07) is 2.67. The lowest BCUT2D eigenvalue weighted by atomic mass is 10.2. The summed E-state index contributed by atoms with van der Waals surface area (Å²) in [5, 5.41) is 0. The minimum atomic E-state index is -4.34. The van der Waals surface area contributed by atoms with Gasteiger partial charge >= 0.3 is 6.18 Å². The molecule has 13 heavy (non-hydrogen) atoms. The molecule has 1 aromatic rings. The monoisotopic (exact) mass is 207 g/mol. The molecule has 0 saturated carbocycles. The van der Waals surface area contributed by atoms with Gasteiger partial charge in [-0.3, -0.25) is 4.98 Å². The van der Waals surface area contributed by atoms with E-state index < -0.39 is 11.9 Å². The van der Waals surface area contributed by atoms with E-state index in [0.29, 0.717) is 11.3 Å².